The van der Waals surface area contributed by atoms with Gasteiger partial charge in [-0.25, -0.2) is 4.79 Å². The van der Waals surface area contributed by atoms with Crippen LogP contribution >= 0.6 is 11.6 Å². The molecule has 1 unspecified atom stereocenters. The van der Waals surface area contributed by atoms with Gasteiger partial charge in [0.05, 0.1) is 6.04 Å². The number of alkyl carbamates (subject to hydrolysis) is 1. The number of ketones is 1. The van der Waals surface area contributed by atoms with Crippen molar-refractivity contribution >= 4 is 23.5 Å². The summed E-state index contributed by atoms with van der Waals surface area (Å²) in [5.41, 5.74) is 1.78. The first-order chi connectivity index (χ1) is 11.2. The van der Waals surface area contributed by atoms with Crippen molar-refractivity contribution in [3.63, 3.8) is 0 Å². The zero-order chi connectivity index (χ0) is 17.9. The fraction of sp³-hybridized carbons (Fsp3) is 0.368. The number of halogens is 1. The zero-order valence-corrected chi connectivity index (χ0v) is 14.9. The van der Waals surface area contributed by atoms with Crippen LogP contribution < -0.4 is 5.32 Å². The molecule has 2 rings (SSSR count). The van der Waals surface area contributed by atoms with Crippen LogP contribution in [-0.4, -0.2) is 17.5 Å². The Hall–Kier alpha value is -2.07. The van der Waals surface area contributed by atoms with Crippen molar-refractivity contribution in [2.45, 2.75) is 45.3 Å². The minimum absolute atomic E-state index is 0.0817. The van der Waals surface area contributed by atoms with Crippen molar-refractivity contribution in [1.82, 2.24) is 5.32 Å². The van der Waals surface area contributed by atoms with Gasteiger partial charge in [0.25, 0.3) is 0 Å². The number of carbonyl (C=O) groups is 2. The molecule has 4 nitrogen and oxygen atoms in total. The standard InChI is InChI=1S/C19H22ClNO3/c1-12(14-7-10-16(22)11-14)17(13-5-8-15(20)9-6-13)21-18(23)24-19(2,3)4/h5-6,8-9,11,17H,1,7,10H2,2-4H3,(H,21,23). The predicted octanol–water partition coefficient (Wildman–Crippen LogP) is 4.75. The Bertz CT molecular complexity index is 684. The van der Waals surface area contributed by atoms with Gasteiger partial charge in [-0.15, -0.1) is 0 Å². The van der Waals surface area contributed by atoms with E-state index in [-0.39, 0.29) is 5.78 Å². The summed E-state index contributed by atoms with van der Waals surface area (Å²) in [6, 6.07) is 6.68. The van der Waals surface area contributed by atoms with E-state index in [2.05, 4.69) is 11.9 Å². The maximum atomic E-state index is 12.2. The lowest BCUT2D eigenvalue weighted by Crippen LogP contribution is -2.35. The maximum Gasteiger partial charge on any atom is 0.408 e. The summed E-state index contributed by atoms with van der Waals surface area (Å²) >= 11 is 5.94. The predicted molar refractivity (Wildman–Crippen MR) is 95.0 cm³/mol. The Morgan fingerprint density at radius 1 is 1.25 bits per heavy atom. The monoisotopic (exact) mass is 347 g/mol. The van der Waals surface area contributed by atoms with Gasteiger partial charge in [-0.1, -0.05) is 30.3 Å². The summed E-state index contributed by atoms with van der Waals surface area (Å²) < 4.78 is 5.34. The molecule has 1 aromatic rings. The van der Waals surface area contributed by atoms with Gasteiger partial charge in [0.2, 0.25) is 0 Å². The molecule has 24 heavy (non-hydrogen) atoms. The molecule has 0 saturated heterocycles. The molecule has 0 aromatic heterocycles. The molecule has 0 radical (unpaired) electrons. The van der Waals surface area contributed by atoms with E-state index in [0.717, 1.165) is 11.1 Å². The number of nitrogens with one attached hydrogen (secondary N) is 1. The Morgan fingerprint density at radius 3 is 2.38 bits per heavy atom. The molecule has 128 valence electrons. The topological polar surface area (TPSA) is 55.4 Å². The molecular formula is C19H22ClNO3. The van der Waals surface area contributed by atoms with Crippen LogP contribution in [0.15, 0.2) is 48.1 Å². The fourth-order valence-electron chi connectivity index (χ4n) is 2.49. The van der Waals surface area contributed by atoms with Gasteiger partial charge in [0.1, 0.15) is 5.60 Å². The van der Waals surface area contributed by atoms with Crippen molar-refractivity contribution in [2.75, 3.05) is 0 Å². The van der Waals surface area contributed by atoms with E-state index in [9.17, 15) is 9.59 Å². The lowest BCUT2D eigenvalue weighted by Gasteiger charge is -2.25. The summed E-state index contributed by atoms with van der Waals surface area (Å²) in [5, 5.41) is 3.45. The van der Waals surface area contributed by atoms with Gasteiger partial charge in [-0.3, -0.25) is 4.79 Å². The zero-order valence-electron chi connectivity index (χ0n) is 14.2. The van der Waals surface area contributed by atoms with Crippen molar-refractivity contribution in [3.05, 3.63) is 58.7 Å². The first kappa shape index (κ1) is 18.3. The second kappa shape index (κ2) is 7.22. The highest BCUT2D eigenvalue weighted by Crippen LogP contribution is 2.32. The average molecular weight is 348 g/mol. The molecule has 0 saturated carbocycles. The highest BCUT2D eigenvalue weighted by atomic mass is 35.5. The molecule has 0 fully saturated rings. The summed E-state index contributed by atoms with van der Waals surface area (Å²) in [5.74, 6) is 0.0817. The van der Waals surface area contributed by atoms with Crippen LogP contribution in [0, 0.1) is 0 Å². The molecule has 1 amide bonds. The normalized spacial score (nSPS) is 15.7. The molecule has 1 N–H and O–H groups in total. The van der Waals surface area contributed by atoms with E-state index in [4.69, 9.17) is 16.3 Å². The number of hydrogen-bond acceptors (Lipinski definition) is 3. The fourth-order valence-corrected chi connectivity index (χ4v) is 2.61. The number of hydrogen-bond donors (Lipinski definition) is 1. The summed E-state index contributed by atoms with van der Waals surface area (Å²) in [4.78, 5) is 23.7. The third kappa shape index (κ3) is 4.96. The lowest BCUT2D eigenvalue weighted by atomic mass is 9.94. The molecular weight excluding hydrogens is 326 g/mol. The molecule has 1 aliphatic rings. The summed E-state index contributed by atoms with van der Waals surface area (Å²) in [6.45, 7) is 9.50. The van der Waals surface area contributed by atoms with Gasteiger partial charge < -0.3 is 10.1 Å². The average Bonchev–Trinajstić information content (AvgIpc) is 2.90. The van der Waals surface area contributed by atoms with Crippen LogP contribution in [-0.2, 0) is 9.53 Å². The molecule has 1 atom stereocenters. The number of carbonyl (C=O) groups excluding carboxylic acids is 2. The van der Waals surface area contributed by atoms with Gasteiger partial charge in [-0.2, -0.15) is 0 Å². The van der Waals surface area contributed by atoms with E-state index < -0.39 is 17.7 Å². The van der Waals surface area contributed by atoms with Gasteiger partial charge >= 0.3 is 6.09 Å². The minimum Gasteiger partial charge on any atom is -0.444 e. The molecule has 0 spiro atoms. The van der Waals surface area contributed by atoms with Crippen LogP contribution in [0.1, 0.15) is 45.2 Å². The second-order valence-corrected chi connectivity index (χ2v) is 7.23. The van der Waals surface area contributed by atoms with E-state index in [1.165, 1.54) is 0 Å². The largest absolute Gasteiger partial charge is 0.444 e. The summed E-state index contributed by atoms with van der Waals surface area (Å²) in [7, 11) is 0. The Balaban J connectivity index is 2.26. The number of amides is 1. The van der Waals surface area contributed by atoms with Crippen molar-refractivity contribution < 1.29 is 14.3 Å². The van der Waals surface area contributed by atoms with Crippen molar-refractivity contribution in [3.8, 4) is 0 Å². The Labute approximate surface area is 147 Å². The highest BCUT2D eigenvalue weighted by molar-refractivity contribution is 6.30. The third-order valence-electron chi connectivity index (χ3n) is 3.60. The van der Waals surface area contributed by atoms with Gasteiger partial charge in [0, 0.05) is 11.4 Å². The van der Waals surface area contributed by atoms with Gasteiger partial charge in [0.15, 0.2) is 5.78 Å². The number of rotatable bonds is 4. The first-order valence-electron chi connectivity index (χ1n) is 7.83. The van der Waals surface area contributed by atoms with Crippen LogP contribution in [0.5, 0.6) is 0 Å². The lowest BCUT2D eigenvalue weighted by molar-refractivity contribution is -0.114. The maximum absolute atomic E-state index is 12.2. The molecule has 5 heteroatoms. The molecule has 0 heterocycles. The van der Waals surface area contributed by atoms with E-state index in [1.54, 1.807) is 39.0 Å². The van der Waals surface area contributed by atoms with E-state index in [0.29, 0.717) is 23.4 Å². The second-order valence-electron chi connectivity index (χ2n) is 6.79. The highest BCUT2D eigenvalue weighted by Gasteiger charge is 2.26. The minimum atomic E-state index is -0.599. The first-order valence-corrected chi connectivity index (χ1v) is 8.21. The molecule has 0 bridgehead atoms. The van der Waals surface area contributed by atoms with E-state index in [1.807, 2.05) is 12.1 Å². The number of allylic oxidation sites excluding steroid dienone is 1. The Morgan fingerprint density at radius 2 is 1.88 bits per heavy atom. The third-order valence-corrected chi connectivity index (χ3v) is 3.85. The quantitative estimate of drug-likeness (QED) is 0.854. The van der Waals surface area contributed by atoms with Gasteiger partial charge in [-0.05, 0) is 62.1 Å². The van der Waals surface area contributed by atoms with E-state index >= 15 is 0 Å². The van der Waals surface area contributed by atoms with Crippen LogP contribution in [0.4, 0.5) is 4.79 Å². The molecule has 1 aromatic carbocycles. The number of benzene rings is 1. The smallest absolute Gasteiger partial charge is 0.408 e. The Kier molecular flexibility index (Phi) is 5.50. The number of ether oxygens (including phenoxy) is 1. The molecule has 0 aliphatic heterocycles. The van der Waals surface area contributed by atoms with Crippen molar-refractivity contribution in [1.29, 1.82) is 0 Å². The van der Waals surface area contributed by atoms with Crippen LogP contribution in [0.3, 0.4) is 0 Å². The van der Waals surface area contributed by atoms with Crippen LogP contribution in [0.25, 0.3) is 0 Å². The molecule has 1 aliphatic carbocycles. The van der Waals surface area contributed by atoms with Crippen molar-refractivity contribution in [2.24, 2.45) is 0 Å². The SMILES string of the molecule is C=C(C1=CC(=O)CC1)C(NC(=O)OC(C)(C)C)c1ccc(Cl)cc1. The van der Waals surface area contributed by atoms with Crippen LogP contribution in [0.2, 0.25) is 5.02 Å². The summed E-state index contributed by atoms with van der Waals surface area (Å²) in [6.07, 6.45) is 2.18.